The van der Waals surface area contributed by atoms with Gasteiger partial charge in [0, 0.05) is 34.1 Å². The third-order valence-electron chi connectivity index (χ3n) is 8.64. The highest BCUT2D eigenvalue weighted by atomic mass is 35.5. The predicted molar refractivity (Wildman–Crippen MR) is 178 cm³/mol. The molecular formula is C34H37Cl2N3O7S. The van der Waals surface area contributed by atoms with Crippen molar-refractivity contribution in [3.63, 3.8) is 0 Å². The van der Waals surface area contributed by atoms with E-state index in [2.05, 4.69) is 10.2 Å². The predicted octanol–water partition coefficient (Wildman–Crippen LogP) is 5.49. The lowest BCUT2D eigenvalue weighted by Crippen LogP contribution is -2.59. The van der Waals surface area contributed by atoms with Gasteiger partial charge in [-0.05, 0) is 59.7 Å². The molecule has 0 saturated heterocycles. The van der Waals surface area contributed by atoms with Crippen molar-refractivity contribution in [3.05, 3.63) is 105 Å². The molecule has 1 aliphatic heterocycles. The van der Waals surface area contributed by atoms with E-state index in [1.807, 2.05) is 24.3 Å². The van der Waals surface area contributed by atoms with E-state index >= 15 is 0 Å². The fraction of sp³-hybridized carbons (Fsp3) is 0.382. The summed E-state index contributed by atoms with van der Waals surface area (Å²) in [5, 5.41) is 0.658. The number of benzene rings is 3. The summed E-state index contributed by atoms with van der Waals surface area (Å²) in [6.45, 7) is 0.0458. The number of nitrogens with zero attached hydrogens (tertiary/aromatic N) is 1. The second kappa shape index (κ2) is 15.2. The maximum atomic E-state index is 14.4. The molecule has 2 N–H and O–H groups in total. The lowest BCUT2D eigenvalue weighted by molar-refractivity contribution is -0.140. The molecule has 2 amide bonds. The van der Waals surface area contributed by atoms with E-state index in [0.717, 1.165) is 30.2 Å². The van der Waals surface area contributed by atoms with Gasteiger partial charge in [0.2, 0.25) is 10.0 Å². The molecular weight excluding hydrogens is 665 g/mol. The first kappa shape index (κ1) is 34.8. The highest BCUT2D eigenvalue weighted by molar-refractivity contribution is 7.88. The van der Waals surface area contributed by atoms with Gasteiger partial charge in [0.1, 0.15) is 0 Å². The smallest absolute Gasteiger partial charge is 0.305 e. The van der Waals surface area contributed by atoms with Crippen LogP contribution in [-0.4, -0.2) is 56.6 Å². The number of sulfonamides is 1. The number of carbonyl (C=O) groups is 3. The first-order chi connectivity index (χ1) is 22.5. The van der Waals surface area contributed by atoms with Crippen molar-refractivity contribution in [1.29, 1.82) is 0 Å². The summed E-state index contributed by atoms with van der Waals surface area (Å²) in [5.41, 5.74) is 5.65. The van der Waals surface area contributed by atoms with E-state index in [1.165, 1.54) is 7.11 Å². The molecule has 250 valence electrons. The molecule has 0 radical (unpaired) electrons. The summed E-state index contributed by atoms with van der Waals surface area (Å²) in [4.78, 5) is 47.6. The Kier molecular flexibility index (Phi) is 11.2. The summed E-state index contributed by atoms with van der Waals surface area (Å²) in [6, 6.07) is 17.3. The quantitative estimate of drug-likeness (QED) is 0.200. The normalized spacial score (nSPS) is 21.2. The number of fused-ring (bicyclic) bond motifs is 1. The first-order valence-electron chi connectivity index (χ1n) is 15.4. The molecule has 0 aromatic heterocycles. The Labute approximate surface area is 284 Å². The molecule has 13 heteroatoms. The minimum atomic E-state index is -3.60. The number of esters is 1. The maximum absolute atomic E-state index is 14.4. The standard InChI is InChI=1S/C34H37Cl2N3O7S/c1-45-30(40)17-14-21-8-7-9-22(18-21)20-46-37-33(41)31-24-10-3-4-11-25(24)34(42)39(32(31)26-16-15-23(35)19-27(26)36)29-13-6-5-12-28(29)38-47(2,43)44/h3-4,7-11,15-16,18-19,28-29,31-32,38H,5-6,12-14,17,20H2,1-2H3,(H,37,41)/t28-,29?,31+,32-/m0/s1. The molecule has 47 heavy (non-hydrogen) atoms. The van der Waals surface area contributed by atoms with Crippen molar-refractivity contribution >= 4 is 51.0 Å². The van der Waals surface area contributed by atoms with E-state index in [-0.39, 0.29) is 29.9 Å². The number of hydroxylamine groups is 1. The number of aryl methyl sites for hydroxylation is 1. The Hall–Kier alpha value is -3.48. The molecule has 10 nitrogen and oxygen atoms in total. The molecule has 0 spiro atoms. The number of hydrogen-bond acceptors (Lipinski definition) is 7. The van der Waals surface area contributed by atoms with Crippen molar-refractivity contribution in [2.75, 3.05) is 13.4 Å². The molecule has 2 aliphatic rings. The Bertz CT molecular complexity index is 1750. The SMILES string of the molecule is COC(=O)CCc1cccc(CONC(=O)[C@@H]2c3ccccc3C(=O)N(C3CCCC[C@@H]3NS(C)(=O)=O)[C@H]2c2ccc(Cl)cc2Cl)c1. The van der Waals surface area contributed by atoms with Gasteiger partial charge in [-0.25, -0.2) is 18.6 Å². The minimum Gasteiger partial charge on any atom is -0.469 e. The van der Waals surface area contributed by atoms with E-state index in [0.29, 0.717) is 41.0 Å². The van der Waals surface area contributed by atoms with Crippen LogP contribution in [0, 0.1) is 0 Å². The van der Waals surface area contributed by atoms with Crippen LogP contribution >= 0.6 is 23.2 Å². The third kappa shape index (κ3) is 8.33. The summed E-state index contributed by atoms with van der Waals surface area (Å²) in [5.74, 6) is -2.09. The molecule has 0 bridgehead atoms. The van der Waals surface area contributed by atoms with Gasteiger partial charge in [-0.1, -0.05) is 84.6 Å². The largest absolute Gasteiger partial charge is 0.469 e. The fourth-order valence-corrected chi connectivity index (χ4v) is 7.95. The molecule has 1 heterocycles. The van der Waals surface area contributed by atoms with Crippen LogP contribution in [0.2, 0.25) is 10.0 Å². The Morgan fingerprint density at radius 2 is 1.70 bits per heavy atom. The zero-order valence-corrected chi connectivity index (χ0v) is 28.4. The van der Waals surface area contributed by atoms with Gasteiger partial charge in [-0.2, -0.15) is 0 Å². The number of carbonyl (C=O) groups excluding carboxylic acids is 3. The lowest BCUT2D eigenvalue weighted by Gasteiger charge is -2.49. The van der Waals surface area contributed by atoms with Crippen LogP contribution < -0.4 is 10.2 Å². The second-order valence-electron chi connectivity index (χ2n) is 11.9. The van der Waals surface area contributed by atoms with Crippen molar-refractivity contribution in [3.8, 4) is 0 Å². The van der Waals surface area contributed by atoms with E-state index < -0.39 is 40.0 Å². The number of methoxy groups -OCH3 is 1. The number of ether oxygens (including phenoxy) is 1. The molecule has 1 aliphatic carbocycles. The third-order valence-corrected chi connectivity index (χ3v) is 9.93. The number of hydrogen-bond donors (Lipinski definition) is 2. The number of rotatable bonds is 11. The fourth-order valence-electron chi connectivity index (χ4n) is 6.61. The average molecular weight is 703 g/mol. The highest BCUT2D eigenvalue weighted by Gasteiger charge is 2.49. The topological polar surface area (TPSA) is 131 Å². The van der Waals surface area contributed by atoms with Gasteiger partial charge in [-0.15, -0.1) is 0 Å². The minimum absolute atomic E-state index is 0.0458. The van der Waals surface area contributed by atoms with Gasteiger partial charge in [0.25, 0.3) is 11.8 Å². The van der Waals surface area contributed by atoms with E-state index in [1.54, 1.807) is 47.4 Å². The van der Waals surface area contributed by atoms with Gasteiger partial charge >= 0.3 is 5.97 Å². The molecule has 3 aromatic carbocycles. The Morgan fingerprint density at radius 3 is 2.45 bits per heavy atom. The molecule has 5 rings (SSSR count). The maximum Gasteiger partial charge on any atom is 0.305 e. The molecule has 1 fully saturated rings. The van der Waals surface area contributed by atoms with Crippen LogP contribution in [0.15, 0.2) is 66.7 Å². The molecule has 4 atom stereocenters. The van der Waals surface area contributed by atoms with Crippen LogP contribution in [0.1, 0.15) is 76.7 Å². The van der Waals surface area contributed by atoms with E-state index in [9.17, 15) is 22.8 Å². The van der Waals surface area contributed by atoms with Crippen molar-refractivity contribution in [2.45, 2.75) is 69.2 Å². The summed E-state index contributed by atoms with van der Waals surface area (Å²) in [6.07, 6.45) is 4.46. The Morgan fingerprint density at radius 1 is 0.957 bits per heavy atom. The summed E-state index contributed by atoms with van der Waals surface area (Å²) < 4.78 is 32.3. The lowest BCUT2D eigenvalue weighted by atomic mass is 9.76. The van der Waals surface area contributed by atoms with Crippen molar-refractivity contribution in [2.24, 2.45) is 0 Å². The zero-order chi connectivity index (χ0) is 33.7. The monoisotopic (exact) mass is 701 g/mol. The van der Waals surface area contributed by atoms with Gasteiger partial charge in [0.15, 0.2) is 0 Å². The van der Waals surface area contributed by atoms with Crippen LogP contribution in [0.25, 0.3) is 0 Å². The number of nitrogens with one attached hydrogen (secondary N) is 2. The number of halogens is 2. The summed E-state index contributed by atoms with van der Waals surface area (Å²) in [7, 11) is -2.26. The highest BCUT2D eigenvalue weighted by Crippen LogP contribution is 2.47. The van der Waals surface area contributed by atoms with Crippen LogP contribution in [-0.2, 0) is 42.2 Å². The van der Waals surface area contributed by atoms with E-state index in [4.69, 9.17) is 32.8 Å². The van der Waals surface area contributed by atoms with Crippen molar-refractivity contribution < 1.29 is 32.4 Å². The van der Waals surface area contributed by atoms with Gasteiger partial charge in [-0.3, -0.25) is 19.2 Å². The Balaban J connectivity index is 1.49. The van der Waals surface area contributed by atoms with Crippen LogP contribution in [0.5, 0.6) is 0 Å². The second-order valence-corrected chi connectivity index (χ2v) is 14.5. The van der Waals surface area contributed by atoms with Gasteiger partial charge < -0.3 is 9.64 Å². The zero-order valence-electron chi connectivity index (χ0n) is 26.1. The average Bonchev–Trinajstić information content (AvgIpc) is 3.03. The van der Waals surface area contributed by atoms with Crippen LogP contribution in [0.3, 0.4) is 0 Å². The van der Waals surface area contributed by atoms with Crippen LogP contribution in [0.4, 0.5) is 0 Å². The molecule has 3 aromatic rings. The van der Waals surface area contributed by atoms with Crippen molar-refractivity contribution in [1.82, 2.24) is 15.1 Å². The number of amides is 2. The summed E-state index contributed by atoms with van der Waals surface area (Å²) >= 11 is 13.0. The van der Waals surface area contributed by atoms with Gasteiger partial charge in [0.05, 0.1) is 31.9 Å². The molecule has 1 unspecified atom stereocenters. The first-order valence-corrected chi connectivity index (χ1v) is 18.0. The molecule has 1 saturated carbocycles.